The van der Waals surface area contributed by atoms with Crippen LogP contribution >= 0.6 is 0 Å². The summed E-state index contributed by atoms with van der Waals surface area (Å²) >= 11 is 0. The van der Waals surface area contributed by atoms with Crippen LogP contribution in [-0.4, -0.2) is 11.6 Å². The lowest BCUT2D eigenvalue weighted by Crippen LogP contribution is -2.25. The zero-order valence-electron chi connectivity index (χ0n) is 13.7. The zero-order chi connectivity index (χ0) is 16.8. The van der Waals surface area contributed by atoms with Gasteiger partial charge in [0.15, 0.2) is 11.6 Å². The smallest absolute Gasteiger partial charge is 0.174 e. The van der Waals surface area contributed by atoms with Crippen molar-refractivity contribution in [1.82, 2.24) is 0 Å². The van der Waals surface area contributed by atoms with Crippen LogP contribution in [0.1, 0.15) is 41.0 Å². The fourth-order valence-electron chi connectivity index (χ4n) is 2.41. The Balaban J connectivity index is 2.34. The second-order valence-corrected chi connectivity index (χ2v) is 6.03. The molecule has 0 aliphatic heterocycles. The minimum Gasteiger partial charge on any atom is -0.293 e. The van der Waals surface area contributed by atoms with Gasteiger partial charge in [-0.05, 0) is 12.3 Å². The first kappa shape index (κ1) is 16.9. The lowest BCUT2D eigenvalue weighted by molar-refractivity contribution is 0.0805. The Bertz CT molecular complexity index is 633. The molecule has 0 aliphatic carbocycles. The van der Waals surface area contributed by atoms with Gasteiger partial charge in [0.05, 0.1) is 5.92 Å². The molecule has 0 unspecified atom stereocenters. The van der Waals surface area contributed by atoms with Gasteiger partial charge in [-0.15, -0.1) is 0 Å². The molecule has 0 atom stereocenters. The third-order valence-electron chi connectivity index (χ3n) is 4.03. The van der Waals surface area contributed by atoms with Crippen LogP contribution < -0.4 is 0 Å². The molecule has 2 aromatic rings. The molecule has 0 heterocycles. The number of carbonyl (C=O) groups excluding carboxylic acids is 2. The molecule has 0 bridgehead atoms. The van der Waals surface area contributed by atoms with E-state index < -0.39 is 5.92 Å². The summed E-state index contributed by atoms with van der Waals surface area (Å²) in [6.45, 7) is 8.10. The van der Waals surface area contributed by atoms with Gasteiger partial charge in [0.1, 0.15) is 0 Å². The predicted octanol–water partition coefficient (Wildman–Crippen LogP) is 4.97. The van der Waals surface area contributed by atoms with Gasteiger partial charge in [0.2, 0.25) is 0 Å². The van der Waals surface area contributed by atoms with Crippen LogP contribution in [0, 0.1) is 11.8 Å². The fourth-order valence-corrected chi connectivity index (χ4v) is 2.41. The fraction of sp³-hybridized carbons (Fsp3) is 0.238. The Morgan fingerprint density at radius 2 is 1.22 bits per heavy atom. The first-order valence-corrected chi connectivity index (χ1v) is 7.87. The van der Waals surface area contributed by atoms with Gasteiger partial charge in [-0.2, -0.15) is 0 Å². The summed E-state index contributed by atoms with van der Waals surface area (Å²) in [6.07, 6.45) is 0.388. The summed E-state index contributed by atoms with van der Waals surface area (Å²) in [5.74, 6) is -0.748. The minimum absolute atomic E-state index is 0.138. The van der Waals surface area contributed by atoms with Crippen molar-refractivity contribution < 1.29 is 9.59 Å². The predicted molar refractivity (Wildman–Crippen MR) is 93.6 cm³/mol. The average Bonchev–Trinajstić information content (AvgIpc) is 2.59. The molecule has 0 radical (unpaired) electrons. The maximum Gasteiger partial charge on any atom is 0.174 e. The van der Waals surface area contributed by atoms with Crippen LogP contribution in [0.5, 0.6) is 0 Å². The van der Waals surface area contributed by atoms with Crippen LogP contribution in [-0.2, 0) is 0 Å². The van der Waals surface area contributed by atoms with Gasteiger partial charge >= 0.3 is 0 Å². The summed E-state index contributed by atoms with van der Waals surface area (Å²) < 4.78 is 0. The summed E-state index contributed by atoms with van der Waals surface area (Å²) in [4.78, 5) is 25.7. The van der Waals surface area contributed by atoms with Gasteiger partial charge in [-0.3, -0.25) is 9.59 Å². The molecular formula is C21H22O2. The Kier molecular flexibility index (Phi) is 5.64. The Hall–Kier alpha value is -2.48. The van der Waals surface area contributed by atoms with Crippen molar-refractivity contribution in [3.8, 4) is 0 Å². The summed E-state index contributed by atoms with van der Waals surface area (Å²) in [7, 11) is 0. The van der Waals surface area contributed by atoms with Crippen LogP contribution in [0.15, 0.2) is 72.8 Å². The number of Topliss-reactive ketones (excluding diaryl/α,β-unsaturated/α-hetero) is 2. The highest BCUT2D eigenvalue weighted by Gasteiger charge is 2.29. The van der Waals surface area contributed by atoms with E-state index in [1.54, 1.807) is 24.3 Å². The third kappa shape index (κ3) is 4.26. The van der Waals surface area contributed by atoms with E-state index in [4.69, 9.17) is 0 Å². The van der Waals surface area contributed by atoms with Crippen molar-refractivity contribution in [3.05, 3.63) is 83.9 Å². The molecule has 0 saturated carbocycles. The second-order valence-electron chi connectivity index (χ2n) is 6.03. The normalized spacial score (nSPS) is 10.8. The van der Waals surface area contributed by atoms with E-state index in [9.17, 15) is 9.59 Å². The molecule has 2 heteroatoms. The zero-order valence-corrected chi connectivity index (χ0v) is 13.7. The van der Waals surface area contributed by atoms with Crippen molar-refractivity contribution in [2.75, 3.05) is 0 Å². The molecule has 118 valence electrons. The lowest BCUT2D eigenvalue weighted by atomic mass is 9.83. The van der Waals surface area contributed by atoms with Gasteiger partial charge in [0.25, 0.3) is 0 Å². The quantitative estimate of drug-likeness (QED) is 0.411. The molecule has 0 aromatic heterocycles. The van der Waals surface area contributed by atoms with Gasteiger partial charge in [0, 0.05) is 11.1 Å². The van der Waals surface area contributed by atoms with Crippen LogP contribution in [0.25, 0.3) is 0 Å². The molecule has 2 aromatic carbocycles. The molecule has 0 spiro atoms. The van der Waals surface area contributed by atoms with Crippen LogP contribution in [0.3, 0.4) is 0 Å². The van der Waals surface area contributed by atoms with E-state index in [-0.39, 0.29) is 17.5 Å². The van der Waals surface area contributed by atoms with Crippen LogP contribution in [0.2, 0.25) is 0 Å². The topological polar surface area (TPSA) is 34.1 Å². The molecule has 0 aliphatic rings. The first-order valence-electron chi connectivity index (χ1n) is 7.87. The Labute approximate surface area is 137 Å². The highest BCUT2D eigenvalue weighted by Crippen LogP contribution is 2.24. The van der Waals surface area contributed by atoms with E-state index in [1.807, 2.05) is 50.2 Å². The molecular weight excluding hydrogens is 284 g/mol. The second kappa shape index (κ2) is 7.68. The van der Waals surface area contributed by atoms with Gasteiger partial charge < -0.3 is 0 Å². The highest BCUT2D eigenvalue weighted by molar-refractivity contribution is 6.16. The third-order valence-corrected chi connectivity index (χ3v) is 4.03. The standard InChI is InChI=1S/C21H22O2/c1-15(2)16(3)14-19(20(22)17-10-6-4-7-11-17)21(23)18-12-8-5-9-13-18/h4-13,15,19H,3,14H2,1-2H3. The minimum atomic E-state index is -0.713. The molecule has 2 nitrogen and oxygen atoms in total. The maximum atomic E-state index is 12.9. The molecule has 0 amide bonds. The SMILES string of the molecule is C=C(CC(C(=O)c1ccccc1)C(=O)c1ccccc1)C(C)C. The van der Waals surface area contributed by atoms with E-state index in [0.717, 1.165) is 5.57 Å². The van der Waals surface area contributed by atoms with Gasteiger partial charge in [-0.1, -0.05) is 86.7 Å². The first-order chi connectivity index (χ1) is 11.0. The molecule has 0 N–H and O–H groups in total. The van der Waals surface area contributed by atoms with Crippen molar-refractivity contribution in [2.24, 2.45) is 11.8 Å². The summed E-state index contributed by atoms with van der Waals surface area (Å²) in [5.41, 5.74) is 2.06. The molecule has 0 saturated heterocycles. The number of allylic oxidation sites excluding steroid dienone is 1. The van der Waals surface area contributed by atoms with E-state index in [0.29, 0.717) is 17.5 Å². The number of benzene rings is 2. The number of ketones is 2. The number of hydrogen-bond acceptors (Lipinski definition) is 2. The molecule has 0 fully saturated rings. The number of rotatable bonds is 7. The van der Waals surface area contributed by atoms with Gasteiger partial charge in [-0.25, -0.2) is 0 Å². The maximum absolute atomic E-state index is 12.9. The Morgan fingerprint density at radius 3 is 1.57 bits per heavy atom. The van der Waals surface area contributed by atoms with Crippen molar-refractivity contribution >= 4 is 11.6 Å². The van der Waals surface area contributed by atoms with Crippen LogP contribution in [0.4, 0.5) is 0 Å². The summed E-state index contributed by atoms with van der Waals surface area (Å²) in [6, 6.07) is 18.0. The average molecular weight is 306 g/mol. The molecule has 23 heavy (non-hydrogen) atoms. The molecule has 2 rings (SSSR count). The number of hydrogen-bond donors (Lipinski definition) is 0. The lowest BCUT2D eigenvalue weighted by Gasteiger charge is -2.18. The highest BCUT2D eigenvalue weighted by atomic mass is 16.2. The Morgan fingerprint density at radius 1 is 0.826 bits per heavy atom. The number of carbonyl (C=O) groups is 2. The monoisotopic (exact) mass is 306 g/mol. The van der Waals surface area contributed by atoms with Crippen molar-refractivity contribution in [2.45, 2.75) is 20.3 Å². The van der Waals surface area contributed by atoms with E-state index in [1.165, 1.54) is 0 Å². The van der Waals surface area contributed by atoms with Crippen molar-refractivity contribution in [1.29, 1.82) is 0 Å². The van der Waals surface area contributed by atoms with Crippen molar-refractivity contribution in [3.63, 3.8) is 0 Å². The largest absolute Gasteiger partial charge is 0.293 e. The van der Waals surface area contributed by atoms with E-state index >= 15 is 0 Å². The van der Waals surface area contributed by atoms with E-state index in [2.05, 4.69) is 6.58 Å². The summed E-state index contributed by atoms with van der Waals surface area (Å²) in [5, 5.41) is 0.